The Labute approximate surface area is 109 Å². The monoisotopic (exact) mass is 255 g/mol. The van der Waals surface area contributed by atoms with Crippen LogP contribution in [0.25, 0.3) is 10.9 Å². The quantitative estimate of drug-likeness (QED) is 0.755. The summed E-state index contributed by atoms with van der Waals surface area (Å²) < 4.78 is 0. The molecule has 0 aliphatic heterocycles. The predicted octanol–water partition coefficient (Wildman–Crippen LogP) is 3.17. The van der Waals surface area contributed by atoms with E-state index in [0.29, 0.717) is 6.54 Å². The van der Waals surface area contributed by atoms with Crippen LogP contribution in [-0.2, 0) is 6.54 Å². The van der Waals surface area contributed by atoms with Crippen LogP contribution in [0.1, 0.15) is 5.56 Å². The number of pyridine rings is 1. The number of rotatable bonds is 3. The Bertz CT molecular complexity index is 625. The maximum atomic E-state index is 5.55. The summed E-state index contributed by atoms with van der Waals surface area (Å²) in [6.07, 6.45) is 1.82. The topological polar surface area (TPSA) is 54.7 Å². The lowest BCUT2D eigenvalue weighted by Gasteiger charge is -1.99. The minimum absolute atomic E-state index is 0.532. The van der Waals surface area contributed by atoms with E-state index in [0.717, 1.165) is 21.1 Å². The standard InChI is InChI=1S/C14H13N3S/c15-8-10-5-6-13(16-9-10)18-14-7-11-3-1-2-4-12(11)17-14/h1-7,9,17H,8,15H2. The SMILES string of the molecule is NCc1ccc(Sc2cc3ccccc3[nH]2)nc1. The zero-order valence-electron chi connectivity index (χ0n) is 9.76. The van der Waals surface area contributed by atoms with Crippen LogP contribution in [-0.4, -0.2) is 9.97 Å². The van der Waals surface area contributed by atoms with Crippen molar-refractivity contribution in [3.05, 3.63) is 54.2 Å². The van der Waals surface area contributed by atoms with Gasteiger partial charge in [-0.05, 0) is 23.8 Å². The smallest absolute Gasteiger partial charge is 0.102 e. The average molecular weight is 255 g/mol. The lowest BCUT2D eigenvalue weighted by molar-refractivity contribution is 1.01. The molecule has 0 atom stereocenters. The third-order valence-corrected chi connectivity index (χ3v) is 3.64. The molecule has 2 heterocycles. The molecule has 0 amide bonds. The van der Waals surface area contributed by atoms with Gasteiger partial charge in [-0.2, -0.15) is 0 Å². The number of fused-ring (bicyclic) bond motifs is 1. The van der Waals surface area contributed by atoms with Crippen molar-refractivity contribution >= 4 is 22.7 Å². The minimum atomic E-state index is 0.532. The highest BCUT2D eigenvalue weighted by Gasteiger charge is 2.03. The van der Waals surface area contributed by atoms with E-state index in [9.17, 15) is 0 Å². The molecule has 4 heteroatoms. The predicted molar refractivity (Wildman–Crippen MR) is 74.6 cm³/mol. The van der Waals surface area contributed by atoms with Gasteiger partial charge in [0.2, 0.25) is 0 Å². The maximum Gasteiger partial charge on any atom is 0.102 e. The van der Waals surface area contributed by atoms with Crippen LogP contribution < -0.4 is 5.73 Å². The fourth-order valence-corrected chi connectivity index (χ4v) is 2.62. The number of aromatic amines is 1. The molecule has 3 aromatic rings. The van der Waals surface area contributed by atoms with Crippen LogP contribution in [0.2, 0.25) is 0 Å². The molecule has 0 saturated heterocycles. The Kier molecular flexibility index (Phi) is 3.04. The first kappa shape index (κ1) is 11.3. The van der Waals surface area contributed by atoms with E-state index >= 15 is 0 Å². The van der Waals surface area contributed by atoms with Gasteiger partial charge in [0, 0.05) is 23.6 Å². The van der Waals surface area contributed by atoms with Gasteiger partial charge in [-0.25, -0.2) is 4.98 Å². The van der Waals surface area contributed by atoms with Crippen molar-refractivity contribution in [2.24, 2.45) is 5.73 Å². The first-order chi connectivity index (χ1) is 8.85. The van der Waals surface area contributed by atoms with Crippen molar-refractivity contribution in [3.8, 4) is 0 Å². The van der Waals surface area contributed by atoms with E-state index in [2.05, 4.69) is 28.2 Å². The van der Waals surface area contributed by atoms with E-state index in [1.807, 2.05) is 30.5 Å². The largest absolute Gasteiger partial charge is 0.349 e. The molecule has 0 saturated carbocycles. The van der Waals surface area contributed by atoms with E-state index < -0.39 is 0 Å². The van der Waals surface area contributed by atoms with Crippen LogP contribution >= 0.6 is 11.8 Å². The molecular weight excluding hydrogens is 242 g/mol. The molecule has 0 aliphatic carbocycles. The molecule has 3 rings (SSSR count). The number of hydrogen-bond donors (Lipinski definition) is 2. The first-order valence-corrected chi connectivity index (χ1v) is 6.57. The van der Waals surface area contributed by atoms with Crippen molar-refractivity contribution in [2.75, 3.05) is 0 Å². The number of aromatic nitrogens is 2. The van der Waals surface area contributed by atoms with E-state index in [4.69, 9.17) is 5.73 Å². The van der Waals surface area contributed by atoms with Crippen molar-refractivity contribution in [3.63, 3.8) is 0 Å². The fraction of sp³-hybridized carbons (Fsp3) is 0.0714. The second kappa shape index (κ2) is 4.84. The highest BCUT2D eigenvalue weighted by molar-refractivity contribution is 7.99. The fourth-order valence-electron chi connectivity index (χ4n) is 1.81. The summed E-state index contributed by atoms with van der Waals surface area (Å²) in [6, 6.07) is 14.4. The summed E-state index contributed by atoms with van der Waals surface area (Å²) in [5.74, 6) is 0. The summed E-state index contributed by atoms with van der Waals surface area (Å²) in [4.78, 5) is 7.75. The van der Waals surface area contributed by atoms with E-state index in [-0.39, 0.29) is 0 Å². The molecular formula is C14H13N3S. The molecule has 18 heavy (non-hydrogen) atoms. The van der Waals surface area contributed by atoms with Crippen molar-refractivity contribution in [2.45, 2.75) is 16.6 Å². The maximum absolute atomic E-state index is 5.55. The Hall–Kier alpha value is -1.78. The van der Waals surface area contributed by atoms with Crippen molar-refractivity contribution < 1.29 is 0 Å². The van der Waals surface area contributed by atoms with Gasteiger partial charge in [0.05, 0.1) is 5.03 Å². The summed E-state index contributed by atoms with van der Waals surface area (Å²) >= 11 is 1.63. The highest BCUT2D eigenvalue weighted by atomic mass is 32.2. The number of benzene rings is 1. The Morgan fingerprint density at radius 1 is 1.17 bits per heavy atom. The molecule has 0 unspecified atom stereocenters. The van der Waals surface area contributed by atoms with Gasteiger partial charge in [-0.1, -0.05) is 36.0 Å². The van der Waals surface area contributed by atoms with Crippen LogP contribution in [0.5, 0.6) is 0 Å². The van der Waals surface area contributed by atoms with Gasteiger partial charge in [0.25, 0.3) is 0 Å². The third kappa shape index (κ3) is 2.25. The Balaban J connectivity index is 1.86. The number of hydrogen-bond acceptors (Lipinski definition) is 3. The number of nitrogens with zero attached hydrogens (tertiary/aromatic N) is 1. The molecule has 0 spiro atoms. The molecule has 0 aliphatic rings. The summed E-state index contributed by atoms with van der Waals surface area (Å²) in [5, 5.41) is 3.29. The Morgan fingerprint density at radius 3 is 2.78 bits per heavy atom. The summed E-state index contributed by atoms with van der Waals surface area (Å²) in [7, 11) is 0. The summed E-state index contributed by atoms with van der Waals surface area (Å²) in [6.45, 7) is 0.532. The second-order valence-electron chi connectivity index (χ2n) is 4.03. The van der Waals surface area contributed by atoms with Gasteiger partial charge in [0.1, 0.15) is 5.03 Å². The zero-order chi connectivity index (χ0) is 12.4. The number of nitrogens with two attached hydrogens (primary N) is 1. The molecule has 3 N–H and O–H groups in total. The van der Waals surface area contributed by atoms with Crippen LogP contribution in [0.3, 0.4) is 0 Å². The third-order valence-electron chi connectivity index (χ3n) is 2.75. The minimum Gasteiger partial charge on any atom is -0.349 e. The lowest BCUT2D eigenvalue weighted by Crippen LogP contribution is -1.96. The highest BCUT2D eigenvalue weighted by Crippen LogP contribution is 2.28. The molecule has 90 valence electrons. The van der Waals surface area contributed by atoms with Crippen LogP contribution in [0, 0.1) is 0 Å². The molecule has 2 aromatic heterocycles. The average Bonchev–Trinajstić information content (AvgIpc) is 2.82. The number of para-hydroxylation sites is 1. The summed E-state index contributed by atoms with van der Waals surface area (Å²) in [5.41, 5.74) is 7.75. The van der Waals surface area contributed by atoms with Gasteiger partial charge in [-0.3, -0.25) is 0 Å². The van der Waals surface area contributed by atoms with Crippen LogP contribution in [0.4, 0.5) is 0 Å². The number of nitrogens with one attached hydrogen (secondary N) is 1. The van der Waals surface area contributed by atoms with E-state index in [1.165, 1.54) is 5.39 Å². The molecule has 1 aromatic carbocycles. The van der Waals surface area contributed by atoms with Gasteiger partial charge < -0.3 is 10.7 Å². The second-order valence-corrected chi connectivity index (χ2v) is 5.09. The van der Waals surface area contributed by atoms with Crippen molar-refractivity contribution in [1.29, 1.82) is 0 Å². The first-order valence-electron chi connectivity index (χ1n) is 5.76. The number of H-pyrrole nitrogens is 1. The molecule has 3 nitrogen and oxygen atoms in total. The lowest BCUT2D eigenvalue weighted by atomic mass is 10.3. The van der Waals surface area contributed by atoms with Gasteiger partial charge in [0.15, 0.2) is 0 Å². The molecule has 0 radical (unpaired) electrons. The van der Waals surface area contributed by atoms with Gasteiger partial charge in [-0.15, -0.1) is 0 Å². The molecule has 0 bridgehead atoms. The van der Waals surface area contributed by atoms with Crippen molar-refractivity contribution in [1.82, 2.24) is 9.97 Å². The normalized spacial score (nSPS) is 10.9. The molecule has 0 fully saturated rings. The Morgan fingerprint density at radius 2 is 2.06 bits per heavy atom. The van der Waals surface area contributed by atoms with E-state index in [1.54, 1.807) is 11.8 Å². The van der Waals surface area contributed by atoms with Gasteiger partial charge >= 0.3 is 0 Å². The van der Waals surface area contributed by atoms with Crippen LogP contribution in [0.15, 0.2) is 58.7 Å². The zero-order valence-corrected chi connectivity index (χ0v) is 10.6.